The lowest BCUT2D eigenvalue weighted by Gasteiger charge is -2.22. The minimum absolute atomic E-state index is 0.174. The van der Waals surface area contributed by atoms with Crippen molar-refractivity contribution in [1.29, 1.82) is 0 Å². The highest BCUT2D eigenvalue weighted by atomic mass is 35.5. The van der Waals surface area contributed by atoms with Gasteiger partial charge in [0.15, 0.2) is 11.4 Å². The Bertz CT molecular complexity index is 909. The molecule has 30 heavy (non-hydrogen) atoms. The van der Waals surface area contributed by atoms with Crippen LogP contribution in [0.5, 0.6) is 5.75 Å². The zero-order chi connectivity index (χ0) is 21.7. The SMILES string of the molecule is O=C(NCC1CCOCC1)Oc1cnc(Nc2ccc(Cl)cc2Cl)nc1C(F)(F)F. The van der Waals surface area contributed by atoms with Gasteiger partial charge in [-0.2, -0.15) is 13.2 Å². The fourth-order valence-corrected chi connectivity index (χ4v) is 3.19. The summed E-state index contributed by atoms with van der Waals surface area (Å²) in [7, 11) is 0. The van der Waals surface area contributed by atoms with E-state index in [0.717, 1.165) is 19.0 Å². The second-order valence-electron chi connectivity index (χ2n) is 6.48. The van der Waals surface area contributed by atoms with Crippen molar-refractivity contribution in [1.82, 2.24) is 15.3 Å². The first-order valence-electron chi connectivity index (χ1n) is 8.92. The molecule has 0 radical (unpaired) electrons. The Morgan fingerprint density at radius 2 is 2.00 bits per heavy atom. The van der Waals surface area contributed by atoms with E-state index in [4.69, 9.17) is 32.7 Å². The van der Waals surface area contributed by atoms with Crippen LogP contribution in [0.4, 0.5) is 29.6 Å². The molecule has 7 nitrogen and oxygen atoms in total. The third-order valence-electron chi connectivity index (χ3n) is 4.28. The number of nitrogens with one attached hydrogen (secondary N) is 2. The zero-order valence-corrected chi connectivity index (χ0v) is 16.9. The van der Waals surface area contributed by atoms with Gasteiger partial charge in [-0.1, -0.05) is 23.2 Å². The lowest BCUT2D eigenvalue weighted by atomic mass is 10.0. The molecule has 1 aromatic heterocycles. The molecule has 0 unspecified atom stereocenters. The number of ether oxygens (including phenoxy) is 2. The molecule has 3 rings (SSSR count). The van der Waals surface area contributed by atoms with Gasteiger partial charge in [0.2, 0.25) is 5.95 Å². The van der Waals surface area contributed by atoms with Crippen molar-refractivity contribution in [3.05, 3.63) is 40.1 Å². The fourth-order valence-electron chi connectivity index (χ4n) is 2.73. The smallest absolute Gasteiger partial charge is 0.406 e. The van der Waals surface area contributed by atoms with Gasteiger partial charge in [-0.05, 0) is 37.0 Å². The van der Waals surface area contributed by atoms with Crippen LogP contribution < -0.4 is 15.4 Å². The van der Waals surface area contributed by atoms with Gasteiger partial charge in [-0.15, -0.1) is 0 Å². The standard InChI is InChI=1S/C18H17Cl2F3N4O3/c19-11-1-2-13(12(20)7-11)26-16-24-9-14(15(27-16)18(21,22)23)30-17(28)25-8-10-3-5-29-6-4-10/h1-2,7,9-10H,3-6,8H2,(H,25,28)(H,24,26,27). The number of rotatable bonds is 5. The van der Waals surface area contributed by atoms with Crippen molar-refractivity contribution < 1.29 is 27.4 Å². The van der Waals surface area contributed by atoms with Gasteiger partial charge in [0, 0.05) is 24.8 Å². The molecule has 2 N–H and O–H groups in total. The predicted octanol–water partition coefficient (Wildman–Crippen LogP) is 5.06. The van der Waals surface area contributed by atoms with Gasteiger partial charge < -0.3 is 20.1 Å². The zero-order valence-electron chi connectivity index (χ0n) is 15.4. The lowest BCUT2D eigenvalue weighted by Crippen LogP contribution is -2.34. The van der Waals surface area contributed by atoms with E-state index in [1.807, 2.05) is 0 Å². The van der Waals surface area contributed by atoms with Crippen LogP contribution in [0.25, 0.3) is 0 Å². The Balaban J connectivity index is 1.71. The Labute approximate surface area is 179 Å². The average molecular weight is 465 g/mol. The van der Waals surface area contributed by atoms with Crippen LogP contribution in [0, 0.1) is 5.92 Å². The number of aromatic nitrogens is 2. The number of hydrogen-bond donors (Lipinski definition) is 2. The number of alkyl halides is 3. The highest BCUT2D eigenvalue weighted by Crippen LogP contribution is 2.36. The normalized spacial score (nSPS) is 15.0. The van der Waals surface area contributed by atoms with E-state index in [-0.39, 0.29) is 29.1 Å². The maximum atomic E-state index is 13.4. The first-order chi connectivity index (χ1) is 14.2. The number of benzene rings is 1. The summed E-state index contributed by atoms with van der Waals surface area (Å²) in [6.45, 7) is 1.44. The molecular formula is C18H17Cl2F3N4O3. The summed E-state index contributed by atoms with van der Waals surface area (Å²) in [5, 5.41) is 5.57. The number of nitrogens with zero attached hydrogens (tertiary/aromatic N) is 2. The molecule has 12 heteroatoms. The van der Waals surface area contributed by atoms with E-state index in [9.17, 15) is 18.0 Å². The molecule has 2 heterocycles. The summed E-state index contributed by atoms with van der Waals surface area (Å²) >= 11 is 11.8. The number of hydrogen-bond acceptors (Lipinski definition) is 6. The van der Waals surface area contributed by atoms with E-state index >= 15 is 0 Å². The molecule has 1 saturated heterocycles. The molecule has 0 saturated carbocycles. The number of amides is 1. The summed E-state index contributed by atoms with van der Waals surface area (Å²) in [5.41, 5.74) is -1.14. The Hall–Kier alpha value is -2.30. The van der Waals surface area contributed by atoms with Gasteiger partial charge in [0.1, 0.15) is 0 Å². The minimum atomic E-state index is -4.88. The van der Waals surface area contributed by atoms with Crippen LogP contribution in [-0.4, -0.2) is 35.8 Å². The largest absolute Gasteiger partial charge is 0.437 e. The highest BCUT2D eigenvalue weighted by molar-refractivity contribution is 6.36. The Morgan fingerprint density at radius 1 is 1.27 bits per heavy atom. The molecule has 0 bridgehead atoms. The highest BCUT2D eigenvalue weighted by Gasteiger charge is 2.38. The first-order valence-corrected chi connectivity index (χ1v) is 9.67. The molecule has 0 spiro atoms. The van der Waals surface area contributed by atoms with Crippen LogP contribution in [0.2, 0.25) is 10.0 Å². The molecule has 1 aliphatic heterocycles. The predicted molar refractivity (Wildman–Crippen MR) is 104 cm³/mol. The van der Waals surface area contributed by atoms with Gasteiger partial charge in [-0.3, -0.25) is 0 Å². The van der Waals surface area contributed by atoms with E-state index in [0.29, 0.717) is 18.2 Å². The first kappa shape index (κ1) is 22.4. The number of halogens is 5. The van der Waals surface area contributed by atoms with Gasteiger partial charge in [0.25, 0.3) is 0 Å². The van der Waals surface area contributed by atoms with Gasteiger partial charge in [0.05, 0.1) is 16.9 Å². The molecule has 162 valence electrons. The van der Waals surface area contributed by atoms with E-state index < -0.39 is 23.7 Å². The van der Waals surface area contributed by atoms with E-state index in [1.165, 1.54) is 18.2 Å². The molecule has 2 aromatic rings. The van der Waals surface area contributed by atoms with E-state index in [2.05, 4.69) is 20.6 Å². The van der Waals surface area contributed by atoms with Crippen LogP contribution in [0.1, 0.15) is 18.5 Å². The lowest BCUT2D eigenvalue weighted by molar-refractivity contribution is -0.142. The number of carbonyl (C=O) groups is 1. The van der Waals surface area contributed by atoms with Crippen molar-refractivity contribution in [2.45, 2.75) is 19.0 Å². The van der Waals surface area contributed by atoms with Crippen molar-refractivity contribution >= 4 is 40.9 Å². The number of carbonyl (C=O) groups excluding carboxylic acids is 1. The summed E-state index contributed by atoms with van der Waals surface area (Å²) in [6.07, 6.45) is -3.61. The van der Waals surface area contributed by atoms with Gasteiger partial charge >= 0.3 is 12.3 Å². The third kappa shape index (κ3) is 6.10. The van der Waals surface area contributed by atoms with Crippen LogP contribution in [0.15, 0.2) is 24.4 Å². The molecular weight excluding hydrogens is 448 g/mol. The minimum Gasteiger partial charge on any atom is -0.406 e. The topological polar surface area (TPSA) is 85.4 Å². The monoisotopic (exact) mass is 464 g/mol. The average Bonchev–Trinajstić information content (AvgIpc) is 2.69. The second-order valence-corrected chi connectivity index (χ2v) is 7.32. The van der Waals surface area contributed by atoms with Gasteiger partial charge in [-0.25, -0.2) is 14.8 Å². The molecule has 1 fully saturated rings. The van der Waals surface area contributed by atoms with Crippen molar-refractivity contribution in [2.75, 3.05) is 25.1 Å². The van der Waals surface area contributed by atoms with Crippen LogP contribution >= 0.6 is 23.2 Å². The second kappa shape index (κ2) is 9.67. The van der Waals surface area contributed by atoms with E-state index in [1.54, 1.807) is 0 Å². The molecule has 0 atom stereocenters. The third-order valence-corrected chi connectivity index (χ3v) is 4.83. The maximum Gasteiger partial charge on any atom is 0.437 e. The van der Waals surface area contributed by atoms with Crippen LogP contribution in [-0.2, 0) is 10.9 Å². The van der Waals surface area contributed by atoms with Crippen molar-refractivity contribution in [3.63, 3.8) is 0 Å². The van der Waals surface area contributed by atoms with Crippen molar-refractivity contribution in [3.8, 4) is 5.75 Å². The van der Waals surface area contributed by atoms with Crippen LogP contribution in [0.3, 0.4) is 0 Å². The summed E-state index contributed by atoms with van der Waals surface area (Å²) < 4.78 is 50.3. The maximum absolute atomic E-state index is 13.4. The Kier molecular flexibility index (Phi) is 7.22. The summed E-state index contributed by atoms with van der Waals surface area (Å²) in [5.74, 6) is -0.999. The molecule has 0 aliphatic carbocycles. The fraction of sp³-hybridized carbons (Fsp3) is 0.389. The summed E-state index contributed by atoms with van der Waals surface area (Å²) in [6, 6.07) is 4.38. The van der Waals surface area contributed by atoms with Crippen molar-refractivity contribution in [2.24, 2.45) is 5.92 Å². The molecule has 1 aromatic carbocycles. The quantitative estimate of drug-likeness (QED) is 0.642. The molecule has 1 amide bonds. The number of anilines is 2. The summed E-state index contributed by atoms with van der Waals surface area (Å²) in [4.78, 5) is 19.2. The Morgan fingerprint density at radius 3 is 2.67 bits per heavy atom. The molecule has 1 aliphatic rings.